The van der Waals surface area contributed by atoms with Crippen molar-refractivity contribution in [2.45, 2.75) is 39.0 Å². The van der Waals surface area contributed by atoms with Crippen molar-refractivity contribution in [1.82, 2.24) is 10.3 Å². The zero-order chi connectivity index (χ0) is 15.1. The molecule has 1 aromatic rings. The van der Waals surface area contributed by atoms with Gasteiger partial charge in [0.2, 0.25) is 5.91 Å². The summed E-state index contributed by atoms with van der Waals surface area (Å²) in [6.07, 6.45) is 6.98. The molecule has 0 spiro atoms. The van der Waals surface area contributed by atoms with Gasteiger partial charge < -0.3 is 10.2 Å². The van der Waals surface area contributed by atoms with E-state index in [-0.39, 0.29) is 11.8 Å². The van der Waals surface area contributed by atoms with Crippen LogP contribution in [0.3, 0.4) is 0 Å². The Morgan fingerprint density at radius 1 is 1.43 bits per heavy atom. The number of amides is 1. The first kappa shape index (κ1) is 16.1. The van der Waals surface area contributed by atoms with E-state index in [0.717, 1.165) is 44.6 Å². The number of hydrogen-bond donors (Lipinski definition) is 1. The standard InChI is InChI=1S/C16H24ClN3O/c1-2-3-4-8-19-16(21)13-6-10-20(11-7-13)14-5-9-18-15(17)12-14/h5,9,12-13H,2-4,6-8,10-11H2,1H3,(H,19,21). The van der Waals surface area contributed by atoms with Crippen LogP contribution in [0.2, 0.25) is 5.15 Å². The van der Waals surface area contributed by atoms with Gasteiger partial charge in [-0.05, 0) is 31.4 Å². The Morgan fingerprint density at radius 3 is 2.86 bits per heavy atom. The molecule has 21 heavy (non-hydrogen) atoms. The van der Waals surface area contributed by atoms with E-state index >= 15 is 0 Å². The second-order valence-electron chi connectivity index (χ2n) is 5.60. The van der Waals surface area contributed by atoms with Gasteiger partial charge in [0.15, 0.2) is 0 Å². The summed E-state index contributed by atoms with van der Waals surface area (Å²) in [5.74, 6) is 0.374. The molecular weight excluding hydrogens is 286 g/mol. The van der Waals surface area contributed by atoms with Crippen molar-refractivity contribution in [1.29, 1.82) is 0 Å². The third kappa shape index (κ3) is 4.88. The predicted molar refractivity (Wildman–Crippen MR) is 86.7 cm³/mol. The average molecular weight is 310 g/mol. The number of carbonyl (C=O) groups is 1. The van der Waals surface area contributed by atoms with E-state index in [0.29, 0.717) is 5.15 Å². The number of aromatic nitrogens is 1. The molecule has 1 aromatic heterocycles. The van der Waals surface area contributed by atoms with Crippen molar-refractivity contribution in [3.63, 3.8) is 0 Å². The van der Waals surface area contributed by atoms with Crippen LogP contribution in [-0.2, 0) is 4.79 Å². The first-order chi connectivity index (χ1) is 10.2. The fourth-order valence-corrected chi connectivity index (χ4v) is 2.89. The zero-order valence-corrected chi connectivity index (χ0v) is 13.4. The normalized spacial score (nSPS) is 16.0. The quantitative estimate of drug-likeness (QED) is 0.648. The fraction of sp³-hybridized carbons (Fsp3) is 0.625. The number of nitrogens with one attached hydrogen (secondary N) is 1. The molecule has 1 aliphatic heterocycles. The van der Waals surface area contributed by atoms with E-state index in [4.69, 9.17) is 11.6 Å². The van der Waals surface area contributed by atoms with Gasteiger partial charge in [-0.25, -0.2) is 4.98 Å². The molecule has 4 nitrogen and oxygen atoms in total. The number of pyridine rings is 1. The van der Waals surface area contributed by atoms with E-state index < -0.39 is 0 Å². The van der Waals surface area contributed by atoms with E-state index in [9.17, 15) is 4.79 Å². The van der Waals surface area contributed by atoms with E-state index in [1.54, 1.807) is 6.20 Å². The van der Waals surface area contributed by atoms with Crippen LogP contribution in [0.15, 0.2) is 18.3 Å². The monoisotopic (exact) mass is 309 g/mol. The van der Waals surface area contributed by atoms with Gasteiger partial charge in [0.1, 0.15) is 5.15 Å². The summed E-state index contributed by atoms with van der Waals surface area (Å²) in [6, 6.07) is 3.85. The summed E-state index contributed by atoms with van der Waals surface area (Å²) in [4.78, 5) is 18.4. The maximum absolute atomic E-state index is 12.1. The number of carbonyl (C=O) groups excluding carboxylic acids is 1. The molecule has 5 heteroatoms. The number of unbranched alkanes of at least 4 members (excludes halogenated alkanes) is 2. The number of piperidine rings is 1. The summed E-state index contributed by atoms with van der Waals surface area (Å²) in [6.45, 7) is 4.77. The number of nitrogens with zero attached hydrogens (tertiary/aromatic N) is 2. The molecule has 0 radical (unpaired) electrons. The fourth-order valence-electron chi connectivity index (χ4n) is 2.72. The molecule has 1 saturated heterocycles. The van der Waals surface area contributed by atoms with Gasteiger partial charge in [-0.3, -0.25) is 4.79 Å². The summed E-state index contributed by atoms with van der Waals surface area (Å²) < 4.78 is 0. The van der Waals surface area contributed by atoms with Crippen molar-refractivity contribution in [2.75, 3.05) is 24.5 Å². The minimum absolute atomic E-state index is 0.153. The number of halogens is 1. The Morgan fingerprint density at radius 2 is 2.19 bits per heavy atom. The molecule has 1 N–H and O–H groups in total. The van der Waals surface area contributed by atoms with Crippen molar-refractivity contribution >= 4 is 23.2 Å². The maximum atomic E-state index is 12.1. The van der Waals surface area contributed by atoms with Crippen LogP contribution in [-0.4, -0.2) is 30.5 Å². The highest BCUT2D eigenvalue weighted by Crippen LogP contribution is 2.24. The van der Waals surface area contributed by atoms with Gasteiger partial charge in [-0.2, -0.15) is 0 Å². The summed E-state index contributed by atoms with van der Waals surface area (Å²) >= 11 is 5.92. The van der Waals surface area contributed by atoms with Crippen molar-refractivity contribution in [2.24, 2.45) is 5.92 Å². The van der Waals surface area contributed by atoms with Crippen molar-refractivity contribution < 1.29 is 4.79 Å². The minimum Gasteiger partial charge on any atom is -0.371 e. The second-order valence-corrected chi connectivity index (χ2v) is 5.98. The summed E-state index contributed by atoms with van der Waals surface area (Å²) in [5.41, 5.74) is 1.09. The van der Waals surface area contributed by atoms with E-state index in [2.05, 4.69) is 22.1 Å². The highest BCUT2D eigenvalue weighted by atomic mass is 35.5. The maximum Gasteiger partial charge on any atom is 0.223 e. The highest BCUT2D eigenvalue weighted by Gasteiger charge is 2.24. The lowest BCUT2D eigenvalue weighted by atomic mass is 9.95. The molecule has 2 rings (SSSR count). The number of hydrogen-bond acceptors (Lipinski definition) is 3. The van der Waals surface area contributed by atoms with Crippen LogP contribution < -0.4 is 10.2 Å². The summed E-state index contributed by atoms with van der Waals surface area (Å²) in [7, 11) is 0. The first-order valence-electron chi connectivity index (χ1n) is 7.85. The van der Waals surface area contributed by atoms with Gasteiger partial charge >= 0.3 is 0 Å². The molecule has 0 aromatic carbocycles. The molecule has 2 heterocycles. The molecule has 1 fully saturated rings. The van der Waals surface area contributed by atoms with Gasteiger partial charge in [-0.15, -0.1) is 0 Å². The lowest BCUT2D eigenvalue weighted by Gasteiger charge is -2.33. The predicted octanol–water partition coefficient (Wildman–Crippen LogP) is 3.26. The van der Waals surface area contributed by atoms with E-state index in [1.807, 2.05) is 12.1 Å². The lowest BCUT2D eigenvalue weighted by molar-refractivity contribution is -0.125. The molecule has 0 bridgehead atoms. The topological polar surface area (TPSA) is 45.2 Å². The first-order valence-corrected chi connectivity index (χ1v) is 8.22. The molecule has 1 aliphatic rings. The Balaban J connectivity index is 1.76. The van der Waals surface area contributed by atoms with Crippen LogP contribution in [0.4, 0.5) is 5.69 Å². The lowest BCUT2D eigenvalue weighted by Crippen LogP contribution is -2.40. The number of anilines is 1. The molecular formula is C16H24ClN3O. The van der Waals surface area contributed by atoms with Crippen molar-refractivity contribution in [3.05, 3.63) is 23.5 Å². The van der Waals surface area contributed by atoms with Crippen LogP contribution in [0, 0.1) is 5.92 Å². The third-order valence-electron chi connectivity index (χ3n) is 4.02. The Kier molecular flexibility index (Phi) is 6.30. The van der Waals surface area contributed by atoms with E-state index in [1.165, 1.54) is 12.8 Å². The van der Waals surface area contributed by atoms with Crippen LogP contribution in [0.25, 0.3) is 0 Å². The molecule has 0 atom stereocenters. The van der Waals surface area contributed by atoms with Gasteiger partial charge in [-0.1, -0.05) is 31.4 Å². The van der Waals surface area contributed by atoms with Gasteiger partial charge in [0.05, 0.1) is 0 Å². The number of rotatable bonds is 6. The Labute approximate surface area is 131 Å². The van der Waals surface area contributed by atoms with Gasteiger partial charge in [0.25, 0.3) is 0 Å². The van der Waals surface area contributed by atoms with Gasteiger partial charge in [0, 0.05) is 37.4 Å². The molecule has 0 saturated carbocycles. The Bertz CT molecular complexity index is 459. The zero-order valence-electron chi connectivity index (χ0n) is 12.6. The Hall–Kier alpha value is -1.29. The van der Waals surface area contributed by atoms with Crippen LogP contribution in [0.1, 0.15) is 39.0 Å². The van der Waals surface area contributed by atoms with Crippen LogP contribution in [0.5, 0.6) is 0 Å². The molecule has 1 amide bonds. The summed E-state index contributed by atoms with van der Waals surface area (Å²) in [5, 5.41) is 3.58. The molecule has 116 valence electrons. The van der Waals surface area contributed by atoms with Crippen molar-refractivity contribution in [3.8, 4) is 0 Å². The largest absolute Gasteiger partial charge is 0.371 e. The highest BCUT2D eigenvalue weighted by molar-refractivity contribution is 6.29. The third-order valence-corrected chi connectivity index (χ3v) is 4.23. The smallest absolute Gasteiger partial charge is 0.223 e. The molecule has 0 aliphatic carbocycles. The average Bonchev–Trinajstić information content (AvgIpc) is 2.51. The van der Waals surface area contributed by atoms with Crippen LogP contribution >= 0.6 is 11.6 Å². The second kappa shape index (κ2) is 8.23. The SMILES string of the molecule is CCCCCNC(=O)C1CCN(c2ccnc(Cl)c2)CC1. The molecule has 0 unspecified atom stereocenters. The minimum atomic E-state index is 0.153.